The molecule has 0 aliphatic rings. The molecule has 0 fully saturated rings. The zero-order valence-corrected chi connectivity index (χ0v) is 26.5. The monoisotopic (exact) mass is 611 g/mol. The molecular formula is C47H33N. The summed E-state index contributed by atoms with van der Waals surface area (Å²) in [4.78, 5) is 4.62. The second-order valence-electron chi connectivity index (χ2n) is 11.7. The molecule has 0 atom stereocenters. The van der Waals surface area contributed by atoms with Gasteiger partial charge in [0.05, 0.1) is 0 Å². The summed E-state index contributed by atoms with van der Waals surface area (Å²) in [6.07, 6.45) is 3.64. The molecule has 0 saturated carbocycles. The Labute approximate surface area is 283 Å². The van der Waals surface area contributed by atoms with Crippen molar-refractivity contribution in [2.75, 3.05) is 0 Å². The zero-order valence-electron chi connectivity index (χ0n) is 26.5. The molecule has 48 heavy (non-hydrogen) atoms. The van der Waals surface area contributed by atoms with Gasteiger partial charge in [-0.05, 0) is 39.4 Å². The van der Waals surface area contributed by atoms with Gasteiger partial charge in [0, 0.05) is 23.5 Å². The summed E-state index contributed by atoms with van der Waals surface area (Å²) in [6.45, 7) is 0. The number of pyridine rings is 1. The summed E-state index contributed by atoms with van der Waals surface area (Å²) in [5.41, 5.74) is 6.89. The Morgan fingerprint density at radius 3 is 0.771 bits per heavy atom. The minimum Gasteiger partial charge on any atom is -0.262 e. The first-order valence-electron chi connectivity index (χ1n) is 16.1. The Hall–Kier alpha value is -6.41. The molecule has 0 spiro atoms. The molecule has 0 aliphatic heterocycles. The van der Waals surface area contributed by atoms with Crippen molar-refractivity contribution in [3.63, 3.8) is 0 Å². The van der Waals surface area contributed by atoms with Crippen LogP contribution in [0.25, 0.3) is 0 Å². The Kier molecular flexibility index (Phi) is 8.78. The van der Waals surface area contributed by atoms with Gasteiger partial charge in [-0.1, -0.05) is 206 Å². The van der Waals surface area contributed by atoms with E-state index >= 15 is 0 Å². The van der Waals surface area contributed by atoms with E-state index in [1.807, 2.05) is 54.9 Å². The van der Waals surface area contributed by atoms with E-state index in [2.05, 4.69) is 174 Å². The van der Waals surface area contributed by atoms with Gasteiger partial charge in [0.1, 0.15) is 10.8 Å². The highest BCUT2D eigenvalue weighted by Crippen LogP contribution is 2.40. The Bertz CT molecular complexity index is 1850. The number of hydrogen-bond acceptors (Lipinski definition) is 1. The van der Waals surface area contributed by atoms with Gasteiger partial charge in [0.2, 0.25) is 0 Å². The molecule has 0 radical (unpaired) electrons. The predicted molar refractivity (Wildman–Crippen MR) is 196 cm³/mol. The highest BCUT2D eigenvalue weighted by Gasteiger charge is 2.35. The van der Waals surface area contributed by atoms with Crippen molar-refractivity contribution >= 4 is 0 Å². The molecular weight excluding hydrogens is 579 g/mol. The van der Waals surface area contributed by atoms with E-state index < -0.39 is 10.8 Å². The smallest absolute Gasteiger partial charge is 0.107 e. The maximum absolute atomic E-state index is 4.62. The van der Waals surface area contributed by atoms with Crippen LogP contribution in [-0.2, 0) is 10.8 Å². The molecule has 226 valence electrons. The fourth-order valence-corrected chi connectivity index (χ4v) is 6.47. The van der Waals surface area contributed by atoms with Crippen LogP contribution in [0.5, 0.6) is 0 Å². The average molecular weight is 612 g/mol. The molecule has 1 heteroatoms. The third-order valence-corrected chi connectivity index (χ3v) is 8.77. The van der Waals surface area contributed by atoms with Gasteiger partial charge in [0.25, 0.3) is 0 Å². The fraction of sp³-hybridized carbons (Fsp3) is 0.0426. The molecule has 7 aromatic rings. The number of rotatable bonds is 6. The molecule has 0 amide bonds. The number of benzene rings is 6. The SMILES string of the molecule is C(#CC(c1ccccc1)(c1ccccc1)c1ccccc1)c1cncc(C#CC(c2ccccc2)(c2ccccc2)c2ccccc2)c1. The van der Waals surface area contributed by atoms with Crippen molar-refractivity contribution in [1.29, 1.82) is 0 Å². The molecule has 1 heterocycles. The molecule has 0 N–H and O–H groups in total. The quantitative estimate of drug-likeness (QED) is 0.135. The van der Waals surface area contributed by atoms with E-state index in [9.17, 15) is 0 Å². The van der Waals surface area contributed by atoms with Crippen molar-refractivity contribution in [3.8, 4) is 23.7 Å². The van der Waals surface area contributed by atoms with Crippen LogP contribution in [0.1, 0.15) is 44.5 Å². The zero-order chi connectivity index (χ0) is 32.5. The molecule has 0 bridgehead atoms. The van der Waals surface area contributed by atoms with E-state index in [-0.39, 0.29) is 0 Å². The molecule has 7 rings (SSSR count). The minimum atomic E-state index is -0.686. The largest absolute Gasteiger partial charge is 0.262 e. The highest BCUT2D eigenvalue weighted by atomic mass is 14.6. The Balaban J connectivity index is 1.38. The maximum Gasteiger partial charge on any atom is 0.107 e. The van der Waals surface area contributed by atoms with E-state index in [0.717, 1.165) is 44.5 Å². The molecule has 0 aliphatic carbocycles. The summed E-state index contributed by atoms with van der Waals surface area (Å²) >= 11 is 0. The maximum atomic E-state index is 4.62. The van der Waals surface area contributed by atoms with Crippen molar-refractivity contribution in [3.05, 3.63) is 245 Å². The van der Waals surface area contributed by atoms with Gasteiger partial charge in [-0.15, -0.1) is 0 Å². The first-order chi connectivity index (χ1) is 23.8. The summed E-state index contributed by atoms with van der Waals surface area (Å²) in [7, 11) is 0. The lowest BCUT2D eigenvalue weighted by Gasteiger charge is -2.31. The van der Waals surface area contributed by atoms with Gasteiger partial charge in [-0.3, -0.25) is 4.98 Å². The molecule has 1 nitrogen and oxygen atoms in total. The van der Waals surface area contributed by atoms with Crippen molar-refractivity contribution < 1.29 is 0 Å². The highest BCUT2D eigenvalue weighted by molar-refractivity contribution is 5.61. The molecule has 0 unspecified atom stereocenters. The fourth-order valence-electron chi connectivity index (χ4n) is 6.47. The van der Waals surface area contributed by atoms with E-state index in [0.29, 0.717) is 0 Å². The summed E-state index contributed by atoms with van der Waals surface area (Å²) < 4.78 is 0. The standard InChI is InChI=1S/C47H33N/c1-7-19-40(20-8-1)46(41-21-9-2-10-22-41,42-23-11-3-12-24-42)33-31-38-35-39(37-48-36-38)32-34-47(43-25-13-4-14-26-43,44-27-15-5-16-28-44)45-29-17-6-18-30-45/h1-30,35-37H. The van der Waals surface area contributed by atoms with Crippen LogP contribution in [0, 0.1) is 23.7 Å². The second-order valence-corrected chi connectivity index (χ2v) is 11.7. The third-order valence-electron chi connectivity index (χ3n) is 8.77. The average Bonchev–Trinajstić information content (AvgIpc) is 3.18. The first kappa shape index (κ1) is 30.3. The Morgan fingerprint density at radius 1 is 0.312 bits per heavy atom. The van der Waals surface area contributed by atoms with Gasteiger partial charge in [-0.2, -0.15) is 0 Å². The van der Waals surface area contributed by atoms with E-state index in [1.54, 1.807) is 0 Å². The van der Waals surface area contributed by atoms with Crippen LogP contribution in [-0.4, -0.2) is 4.98 Å². The van der Waals surface area contributed by atoms with Gasteiger partial charge < -0.3 is 0 Å². The van der Waals surface area contributed by atoms with Crippen LogP contribution >= 0.6 is 0 Å². The number of nitrogens with zero attached hydrogens (tertiary/aromatic N) is 1. The van der Waals surface area contributed by atoms with E-state index in [4.69, 9.17) is 0 Å². The second kappa shape index (κ2) is 13.9. The van der Waals surface area contributed by atoms with Gasteiger partial charge in [-0.25, -0.2) is 0 Å². The van der Waals surface area contributed by atoms with Gasteiger partial charge >= 0.3 is 0 Å². The first-order valence-corrected chi connectivity index (χ1v) is 16.1. The summed E-state index contributed by atoms with van der Waals surface area (Å²) in [6, 6.07) is 65.1. The minimum absolute atomic E-state index is 0.686. The lowest BCUT2D eigenvalue weighted by Crippen LogP contribution is -2.27. The molecule has 1 aromatic heterocycles. The van der Waals surface area contributed by atoms with Crippen LogP contribution in [0.3, 0.4) is 0 Å². The normalized spacial score (nSPS) is 11.0. The lowest BCUT2D eigenvalue weighted by atomic mass is 9.70. The topological polar surface area (TPSA) is 12.9 Å². The number of aromatic nitrogens is 1. The summed E-state index contributed by atoms with van der Waals surface area (Å²) in [5, 5.41) is 0. The third kappa shape index (κ3) is 5.94. The van der Waals surface area contributed by atoms with Crippen molar-refractivity contribution in [1.82, 2.24) is 4.98 Å². The van der Waals surface area contributed by atoms with Crippen LogP contribution in [0.4, 0.5) is 0 Å². The molecule has 6 aromatic carbocycles. The predicted octanol–water partition coefficient (Wildman–Crippen LogP) is 9.85. The van der Waals surface area contributed by atoms with Crippen molar-refractivity contribution in [2.24, 2.45) is 0 Å². The number of hydrogen-bond donors (Lipinski definition) is 0. The summed E-state index contributed by atoms with van der Waals surface area (Å²) in [5.74, 6) is 14.5. The van der Waals surface area contributed by atoms with Crippen LogP contribution < -0.4 is 0 Å². The van der Waals surface area contributed by atoms with Gasteiger partial charge in [0.15, 0.2) is 0 Å². The van der Waals surface area contributed by atoms with Crippen molar-refractivity contribution in [2.45, 2.75) is 10.8 Å². The lowest BCUT2D eigenvalue weighted by molar-refractivity contribution is 0.809. The van der Waals surface area contributed by atoms with E-state index in [1.165, 1.54) is 0 Å². The van der Waals surface area contributed by atoms with Crippen LogP contribution in [0.15, 0.2) is 200 Å². The Morgan fingerprint density at radius 2 is 0.542 bits per heavy atom. The van der Waals surface area contributed by atoms with Crippen LogP contribution in [0.2, 0.25) is 0 Å². The molecule has 0 saturated heterocycles.